The minimum atomic E-state index is 0.397. The first-order valence-electron chi connectivity index (χ1n) is 6.45. The summed E-state index contributed by atoms with van der Waals surface area (Å²) in [6.45, 7) is 6.89. The number of rotatable bonds is 5. The molecule has 2 nitrogen and oxygen atoms in total. The third-order valence-corrected chi connectivity index (χ3v) is 4.20. The van der Waals surface area contributed by atoms with E-state index in [2.05, 4.69) is 38.2 Å². The van der Waals surface area contributed by atoms with Gasteiger partial charge in [0.15, 0.2) is 0 Å². The lowest BCUT2D eigenvalue weighted by Crippen LogP contribution is -2.35. The Morgan fingerprint density at radius 1 is 1.18 bits per heavy atom. The summed E-state index contributed by atoms with van der Waals surface area (Å²) in [7, 11) is 1.70. The Labute approximate surface area is 104 Å². The van der Waals surface area contributed by atoms with E-state index in [-0.39, 0.29) is 0 Å². The van der Waals surface area contributed by atoms with Gasteiger partial charge in [-0.25, -0.2) is 0 Å². The van der Waals surface area contributed by atoms with Crippen molar-refractivity contribution < 1.29 is 4.74 Å². The fourth-order valence-corrected chi connectivity index (χ4v) is 2.20. The normalized spacial score (nSPS) is 20.7. The minimum Gasteiger partial charge on any atom is -0.497 e. The summed E-state index contributed by atoms with van der Waals surface area (Å²) in [6.07, 6.45) is 2.72. The van der Waals surface area contributed by atoms with Crippen molar-refractivity contribution in [2.24, 2.45) is 5.41 Å². The first-order valence-corrected chi connectivity index (χ1v) is 6.45. The van der Waals surface area contributed by atoms with Gasteiger partial charge in [-0.1, -0.05) is 19.1 Å². The molecule has 0 saturated heterocycles. The van der Waals surface area contributed by atoms with E-state index in [0.29, 0.717) is 17.5 Å². The molecule has 94 valence electrons. The Hall–Kier alpha value is -1.02. The van der Waals surface area contributed by atoms with Crippen LogP contribution in [-0.4, -0.2) is 13.2 Å². The minimum absolute atomic E-state index is 0.397. The summed E-state index contributed by atoms with van der Waals surface area (Å²) in [4.78, 5) is 0. The molecule has 0 heterocycles. The SMILES string of the molecule is COc1ccc([C@H](C)NC(C)C2(C)CC2)cc1. The van der Waals surface area contributed by atoms with Gasteiger partial charge in [0.1, 0.15) is 5.75 Å². The Morgan fingerprint density at radius 3 is 2.24 bits per heavy atom. The molecular formula is C15H23NO. The van der Waals surface area contributed by atoms with Gasteiger partial charge in [0.05, 0.1) is 7.11 Å². The number of ether oxygens (including phenoxy) is 1. The van der Waals surface area contributed by atoms with Crippen molar-refractivity contribution in [3.8, 4) is 5.75 Å². The van der Waals surface area contributed by atoms with E-state index in [4.69, 9.17) is 4.74 Å². The monoisotopic (exact) mass is 233 g/mol. The van der Waals surface area contributed by atoms with Crippen LogP contribution in [0, 0.1) is 5.41 Å². The molecule has 17 heavy (non-hydrogen) atoms. The number of methoxy groups -OCH3 is 1. The summed E-state index contributed by atoms with van der Waals surface area (Å²) in [5, 5.41) is 3.70. The van der Waals surface area contributed by atoms with Crippen molar-refractivity contribution in [3.63, 3.8) is 0 Å². The molecular weight excluding hydrogens is 210 g/mol. The van der Waals surface area contributed by atoms with Crippen molar-refractivity contribution in [3.05, 3.63) is 29.8 Å². The van der Waals surface area contributed by atoms with Gasteiger partial charge in [-0.05, 0) is 49.8 Å². The second-order valence-electron chi connectivity index (χ2n) is 5.54. The first kappa shape index (κ1) is 12.4. The summed E-state index contributed by atoms with van der Waals surface area (Å²) in [5.41, 5.74) is 1.85. The van der Waals surface area contributed by atoms with Gasteiger partial charge in [-0.2, -0.15) is 0 Å². The highest BCUT2D eigenvalue weighted by Gasteiger charge is 2.42. The zero-order valence-corrected chi connectivity index (χ0v) is 11.3. The van der Waals surface area contributed by atoms with Crippen LogP contribution in [0.2, 0.25) is 0 Å². The van der Waals surface area contributed by atoms with E-state index < -0.39 is 0 Å². The number of hydrogen-bond acceptors (Lipinski definition) is 2. The highest BCUT2D eigenvalue weighted by Crippen LogP contribution is 2.48. The van der Waals surface area contributed by atoms with Crippen LogP contribution in [0.4, 0.5) is 0 Å². The molecule has 0 aliphatic heterocycles. The third kappa shape index (κ3) is 2.81. The smallest absolute Gasteiger partial charge is 0.118 e. The van der Waals surface area contributed by atoms with Gasteiger partial charge in [0.2, 0.25) is 0 Å². The lowest BCUT2D eigenvalue weighted by molar-refractivity contribution is 0.350. The molecule has 0 aromatic heterocycles. The van der Waals surface area contributed by atoms with E-state index >= 15 is 0 Å². The summed E-state index contributed by atoms with van der Waals surface area (Å²) >= 11 is 0. The second-order valence-corrected chi connectivity index (χ2v) is 5.54. The number of benzene rings is 1. The van der Waals surface area contributed by atoms with Crippen molar-refractivity contribution in [2.45, 2.75) is 45.7 Å². The van der Waals surface area contributed by atoms with Crippen molar-refractivity contribution in [1.29, 1.82) is 0 Å². The van der Waals surface area contributed by atoms with Gasteiger partial charge < -0.3 is 10.1 Å². The van der Waals surface area contributed by atoms with Crippen LogP contribution >= 0.6 is 0 Å². The molecule has 0 amide bonds. The number of nitrogens with one attached hydrogen (secondary N) is 1. The van der Waals surface area contributed by atoms with Gasteiger partial charge in [-0.3, -0.25) is 0 Å². The standard InChI is InChI=1S/C15H23NO/c1-11(16-12(2)15(3)9-10-15)13-5-7-14(17-4)8-6-13/h5-8,11-12,16H,9-10H2,1-4H3/t11-,12?/m0/s1. The lowest BCUT2D eigenvalue weighted by atomic mass is 9.98. The number of hydrogen-bond donors (Lipinski definition) is 1. The molecule has 0 spiro atoms. The Kier molecular flexibility index (Phi) is 3.43. The molecule has 1 fully saturated rings. The van der Waals surface area contributed by atoms with E-state index in [1.165, 1.54) is 18.4 Å². The molecule has 1 N–H and O–H groups in total. The second kappa shape index (κ2) is 4.69. The Balaban J connectivity index is 1.96. The van der Waals surface area contributed by atoms with Crippen molar-refractivity contribution >= 4 is 0 Å². The molecule has 2 heteroatoms. The molecule has 1 aromatic carbocycles. The summed E-state index contributed by atoms with van der Waals surface area (Å²) in [5.74, 6) is 0.920. The molecule has 1 aliphatic rings. The van der Waals surface area contributed by atoms with Crippen molar-refractivity contribution in [1.82, 2.24) is 5.32 Å². The molecule has 2 rings (SSSR count). The van der Waals surface area contributed by atoms with E-state index in [0.717, 1.165) is 5.75 Å². The van der Waals surface area contributed by atoms with Crippen LogP contribution in [-0.2, 0) is 0 Å². The Bertz CT molecular complexity index is 367. The highest BCUT2D eigenvalue weighted by atomic mass is 16.5. The first-order chi connectivity index (χ1) is 8.05. The van der Waals surface area contributed by atoms with Gasteiger partial charge in [0.25, 0.3) is 0 Å². The zero-order chi connectivity index (χ0) is 12.5. The van der Waals surface area contributed by atoms with Crippen LogP contribution in [0.3, 0.4) is 0 Å². The molecule has 0 bridgehead atoms. The average molecular weight is 233 g/mol. The maximum absolute atomic E-state index is 5.17. The van der Waals surface area contributed by atoms with Crippen LogP contribution < -0.4 is 10.1 Å². The van der Waals surface area contributed by atoms with E-state index in [1.54, 1.807) is 7.11 Å². The fraction of sp³-hybridized carbons (Fsp3) is 0.600. The maximum Gasteiger partial charge on any atom is 0.118 e. The molecule has 1 aliphatic carbocycles. The van der Waals surface area contributed by atoms with Gasteiger partial charge >= 0.3 is 0 Å². The van der Waals surface area contributed by atoms with Gasteiger partial charge in [0, 0.05) is 12.1 Å². The molecule has 1 saturated carbocycles. The van der Waals surface area contributed by atoms with Crippen LogP contribution in [0.15, 0.2) is 24.3 Å². The Morgan fingerprint density at radius 2 is 1.76 bits per heavy atom. The molecule has 1 aromatic rings. The molecule has 2 atom stereocenters. The zero-order valence-electron chi connectivity index (χ0n) is 11.3. The van der Waals surface area contributed by atoms with Gasteiger partial charge in [-0.15, -0.1) is 0 Å². The van der Waals surface area contributed by atoms with Crippen molar-refractivity contribution in [2.75, 3.05) is 7.11 Å². The maximum atomic E-state index is 5.17. The predicted octanol–water partition coefficient (Wildman–Crippen LogP) is 3.53. The van der Waals surface area contributed by atoms with Crippen LogP contribution in [0.25, 0.3) is 0 Å². The van der Waals surface area contributed by atoms with Crippen LogP contribution in [0.1, 0.15) is 45.2 Å². The summed E-state index contributed by atoms with van der Waals surface area (Å²) in [6, 6.07) is 9.30. The largest absolute Gasteiger partial charge is 0.497 e. The quantitative estimate of drug-likeness (QED) is 0.840. The highest BCUT2D eigenvalue weighted by molar-refractivity contribution is 5.28. The lowest BCUT2D eigenvalue weighted by Gasteiger charge is -2.25. The fourth-order valence-electron chi connectivity index (χ4n) is 2.20. The topological polar surface area (TPSA) is 21.3 Å². The summed E-state index contributed by atoms with van der Waals surface area (Å²) < 4.78 is 5.17. The van der Waals surface area contributed by atoms with E-state index in [1.807, 2.05) is 12.1 Å². The van der Waals surface area contributed by atoms with Crippen LogP contribution in [0.5, 0.6) is 5.75 Å². The molecule has 1 unspecified atom stereocenters. The third-order valence-electron chi connectivity index (χ3n) is 4.20. The average Bonchev–Trinajstić information content (AvgIpc) is 3.09. The molecule has 0 radical (unpaired) electrons. The van der Waals surface area contributed by atoms with E-state index in [9.17, 15) is 0 Å². The predicted molar refractivity (Wildman–Crippen MR) is 71.3 cm³/mol.